The molecule has 0 aliphatic carbocycles. The highest BCUT2D eigenvalue weighted by molar-refractivity contribution is 7.99. The van der Waals surface area contributed by atoms with E-state index in [1.54, 1.807) is 24.0 Å². The highest BCUT2D eigenvalue weighted by Gasteiger charge is 2.26. The molecule has 2 aromatic carbocycles. The number of rotatable bonds is 10. The number of halogens is 3. The van der Waals surface area contributed by atoms with Crippen molar-refractivity contribution in [2.75, 3.05) is 12.3 Å². The molecular formula is C22H25Cl3N2O2S. The van der Waals surface area contributed by atoms with E-state index < -0.39 is 6.04 Å². The number of carbonyl (C=O) groups excluding carboxylic acids is 2. The van der Waals surface area contributed by atoms with Gasteiger partial charge in [0.05, 0.1) is 15.8 Å². The van der Waals surface area contributed by atoms with Crippen molar-refractivity contribution in [2.24, 2.45) is 0 Å². The highest BCUT2D eigenvalue weighted by atomic mass is 35.5. The number of benzene rings is 2. The summed E-state index contributed by atoms with van der Waals surface area (Å²) in [5.74, 6) is 0.611. The van der Waals surface area contributed by atoms with E-state index in [4.69, 9.17) is 34.8 Å². The van der Waals surface area contributed by atoms with Gasteiger partial charge in [-0.15, -0.1) is 11.8 Å². The van der Waals surface area contributed by atoms with Crippen molar-refractivity contribution >= 4 is 58.4 Å². The van der Waals surface area contributed by atoms with Crippen molar-refractivity contribution < 1.29 is 9.59 Å². The first-order chi connectivity index (χ1) is 14.3. The zero-order valence-electron chi connectivity index (χ0n) is 17.0. The third-order valence-corrected chi connectivity index (χ3v) is 6.40. The van der Waals surface area contributed by atoms with Crippen molar-refractivity contribution in [3.63, 3.8) is 0 Å². The summed E-state index contributed by atoms with van der Waals surface area (Å²) in [5, 5.41) is 4.39. The maximum Gasteiger partial charge on any atom is 0.242 e. The van der Waals surface area contributed by atoms with Gasteiger partial charge >= 0.3 is 0 Å². The van der Waals surface area contributed by atoms with Gasteiger partial charge in [0, 0.05) is 23.9 Å². The van der Waals surface area contributed by atoms with Crippen LogP contribution in [0.15, 0.2) is 42.5 Å². The van der Waals surface area contributed by atoms with Crippen molar-refractivity contribution in [3.05, 3.63) is 68.7 Å². The van der Waals surface area contributed by atoms with Gasteiger partial charge < -0.3 is 10.2 Å². The zero-order valence-corrected chi connectivity index (χ0v) is 20.0. The van der Waals surface area contributed by atoms with Gasteiger partial charge in [-0.3, -0.25) is 9.59 Å². The number of carbonyl (C=O) groups is 2. The Morgan fingerprint density at radius 1 is 1.07 bits per heavy atom. The first-order valence-electron chi connectivity index (χ1n) is 9.65. The number of nitrogens with one attached hydrogen (secondary N) is 1. The van der Waals surface area contributed by atoms with Crippen LogP contribution < -0.4 is 5.32 Å². The topological polar surface area (TPSA) is 49.4 Å². The van der Waals surface area contributed by atoms with Gasteiger partial charge in [0.25, 0.3) is 0 Å². The summed E-state index contributed by atoms with van der Waals surface area (Å²) in [5.41, 5.74) is 1.86. The Labute approximate surface area is 197 Å². The number of nitrogens with zero attached hydrogens (tertiary/aromatic N) is 1. The average molecular weight is 488 g/mol. The van der Waals surface area contributed by atoms with Crippen LogP contribution in [-0.4, -0.2) is 35.1 Å². The quantitative estimate of drug-likeness (QED) is 0.459. The largest absolute Gasteiger partial charge is 0.354 e. The molecule has 162 valence electrons. The Balaban J connectivity index is 2.08. The third-order valence-electron chi connectivity index (χ3n) is 4.44. The molecular weight excluding hydrogens is 463 g/mol. The molecule has 0 aromatic heterocycles. The number of hydrogen-bond acceptors (Lipinski definition) is 3. The molecule has 4 nitrogen and oxygen atoms in total. The third kappa shape index (κ3) is 7.69. The van der Waals surface area contributed by atoms with Gasteiger partial charge in [-0.2, -0.15) is 0 Å². The van der Waals surface area contributed by atoms with Gasteiger partial charge in [-0.1, -0.05) is 59.9 Å². The first-order valence-corrected chi connectivity index (χ1v) is 11.9. The fourth-order valence-corrected chi connectivity index (χ4v) is 4.17. The van der Waals surface area contributed by atoms with Crippen LogP contribution in [-0.2, 0) is 21.9 Å². The predicted octanol–water partition coefficient (Wildman–Crippen LogP) is 5.82. The molecule has 0 bridgehead atoms. The van der Waals surface area contributed by atoms with Crippen LogP contribution in [0.4, 0.5) is 0 Å². The fraction of sp³-hybridized carbons (Fsp3) is 0.364. The number of amides is 2. The molecule has 0 saturated carbocycles. The van der Waals surface area contributed by atoms with Gasteiger partial charge in [0.15, 0.2) is 0 Å². The minimum Gasteiger partial charge on any atom is -0.354 e. The predicted molar refractivity (Wildman–Crippen MR) is 127 cm³/mol. The normalized spacial score (nSPS) is 11.8. The number of thioether (sulfide) groups is 1. The molecule has 2 rings (SSSR count). The Bertz CT molecular complexity index is 879. The molecule has 0 fully saturated rings. The summed E-state index contributed by atoms with van der Waals surface area (Å²) in [4.78, 5) is 27.1. The Hall–Kier alpha value is -1.40. The summed E-state index contributed by atoms with van der Waals surface area (Å²) in [6, 6.07) is 12.2. The summed E-state index contributed by atoms with van der Waals surface area (Å²) in [6.07, 6.45) is 0.828. The molecule has 0 radical (unpaired) electrons. The molecule has 0 aliphatic heterocycles. The van der Waals surface area contributed by atoms with Crippen LogP contribution in [0.25, 0.3) is 0 Å². The van der Waals surface area contributed by atoms with Crippen LogP contribution in [0.2, 0.25) is 15.1 Å². The minimum absolute atomic E-state index is 0.118. The van der Waals surface area contributed by atoms with E-state index in [0.29, 0.717) is 27.4 Å². The summed E-state index contributed by atoms with van der Waals surface area (Å²) < 4.78 is 0. The smallest absolute Gasteiger partial charge is 0.242 e. The van der Waals surface area contributed by atoms with Gasteiger partial charge in [-0.25, -0.2) is 0 Å². The van der Waals surface area contributed by atoms with Gasteiger partial charge in [-0.05, 0) is 48.7 Å². The minimum atomic E-state index is -0.606. The Morgan fingerprint density at radius 3 is 2.50 bits per heavy atom. The first kappa shape index (κ1) is 24.9. The van der Waals surface area contributed by atoms with Crippen LogP contribution in [0.3, 0.4) is 0 Å². The van der Waals surface area contributed by atoms with E-state index >= 15 is 0 Å². The molecule has 1 N–H and O–H groups in total. The average Bonchev–Trinajstić information content (AvgIpc) is 2.72. The maximum atomic E-state index is 13.0. The monoisotopic (exact) mass is 486 g/mol. The van der Waals surface area contributed by atoms with Crippen molar-refractivity contribution in [2.45, 2.75) is 38.6 Å². The molecule has 1 atom stereocenters. The van der Waals surface area contributed by atoms with Crippen LogP contribution >= 0.6 is 46.6 Å². The van der Waals surface area contributed by atoms with Crippen LogP contribution in [0.5, 0.6) is 0 Å². The highest BCUT2D eigenvalue weighted by Crippen LogP contribution is 2.24. The van der Waals surface area contributed by atoms with Gasteiger partial charge in [0.2, 0.25) is 11.8 Å². The Kier molecular flexibility index (Phi) is 10.3. The second-order valence-corrected chi connectivity index (χ2v) is 9.10. The summed E-state index contributed by atoms with van der Waals surface area (Å²) in [6.45, 7) is 4.56. The van der Waals surface area contributed by atoms with E-state index in [2.05, 4.69) is 5.32 Å². The van der Waals surface area contributed by atoms with Crippen molar-refractivity contribution in [1.82, 2.24) is 10.2 Å². The molecule has 2 aromatic rings. The lowest BCUT2D eigenvalue weighted by Crippen LogP contribution is -2.48. The molecule has 0 heterocycles. The molecule has 0 saturated heterocycles. The van der Waals surface area contributed by atoms with Crippen molar-refractivity contribution in [3.8, 4) is 0 Å². The van der Waals surface area contributed by atoms with Crippen molar-refractivity contribution in [1.29, 1.82) is 0 Å². The second-order valence-electron chi connectivity index (χ2n) is 6.86. The van der Waals surface area contributed by atoms with E-state index in [-0.39, 0.29) is 24.1 Å². The zero-order chi connectivity index (χ0) is 22.1. The Morgan fingerprint density at radius 2 is 1.83 bits per heavy atom. The summed E-state index contributed by atoms with van der Waals surface area (Å²) in [7, 11) is 0. The van der Waals surface area contributed by atoms with E-state index in [1.165, 1.54) is 11.8 Å². The SMILES string of the molecule is CCCNC(=O)[C@@H](C)N(Cc1ccc(Cl)c(Cl)c1)C(=O)CSCc1cccc(Cl)c1. The lowest BCUT2D eigenvalue weighted by molar-refractivity contribution is -0.138. The second kappa shape index (κ2) is 12.5. The van der Waals surface area contributed by atoms with Crippen LogP contribution in [0.1, 0.15) is 31.4 Å². The fourth-order valence-electron chi connectivity index (χ4n) is 2.78. The molecule has 30 heavy (non-hydrogen) atoms. The molecule has 2 amide bonds. The van der Waals surface area contributed by atoms with E-state index in [1.807, 2.05) is 37.3 Å². The number of hydrogen-bond donors (Lipinski definition) is 1. The van der Waals surface area contributed by atoms with Gasteiger partial charge in [0.1, 0.15) is 6.04 Å². The van der Waals surface area contributed by atoms with Crippen LogP contribution in [0, 0.1) is 0 Å². The molecule has 0 spiro atoms. The lowest BCUT2D eigenvalue weighted by Gasteiger charge is -2.29. The van der Waals surface area contributed by atoms with E-state index in [0.717, 1.165) is 17.5 Å². The molecule has 8 heteroatoms. The molecule has 0 unspecified atom stereocenters. The lowest BCUT2D eigenvalue weighted by atomic mass is 10.1. The van der Waals surface area contributed by atoms with E-state index in [9.17, 15) is 9.59 Å². The summed E-state index contributed by atoms with van der Waals surface area (Å²) >= 11 is 19.6. The standard InChI is InChI=1S/C22H25Cl3N2O2S/c1-3-9-26-22(29)15(2)27(12-16-7-8-19(24)20(25)11-16)21(28)14-30-13-17-5-4-6-18(23)10-17/h4-8,10-11,15H,3,9,12-14H2,1-2H3,(H,26,29)/t15-/m1/s1. The molecule has 0 aliphatic rings. The maximum absolute atomic E-state index is 13.0.